The lowest BCUT2D eigenvalue weighted by Crippen LogP contribution is -2.24. The second-order valence-corrected chi connectivity index (χ2v) is 4.83. The van der Waals surface area contributed by atoms with Crippen LogP contribution in [0.5, 0.6) is 0 Å². The highest BCUT2D eigenvalue weighted by molar-refractivity contribution is 6.29. The first kappa shape index (κ1) is 12.7. The lowest BCUT2D eigenvalue weighted by molar-refractivity contribution is 0.619. The van der Waals surface area contributed by atoms with Crippen LogP contribution in [0.25, 0.3) is 10.8 Å². The summed E-state index contributed by atoms with van der Waals surface area (Å²) in [5.74, 6) is 0.472. The molecule has 0 spiro atoms. The molecular weight excluding hydrogens is 276 g/mol. The lowest BCUT2D eigenvalue weighted by Gasteiger charge is -2.06. The van der Waals surface area contributed by atoms with Gasteiger partial charge in [0.2, 0.25) is 0 Å². The van der Waals surface area contributed by atoms with E-state index in [0.29, 0.717) is 16.4 Å². The van der Waals surface area contributed by atoms with Gasteiger partial charge in [0.05, 0.1) is 11.6 Å². The van der Waals surface area contributed by atoms with Gasteiger partial charge in [-0.1, -0.05) is 29.8 Å². The van der Waals surface area contributed by atoms with Gasteiger partial charge < -0.3 is 0 Å². The van der Waals surface area contributed by atoms with Crippen molar-refractivity contribution in [3.63, 3.8) is 0 Å². The monoisotopic (exact) mass is 286 g/mol. The Balaban J connectivity index is 2.07. The molecule has 0 fully saturated rings. The number of halogens is 1. The maximum atomic E-state index is 12.3. The van der Waals surface area contributed by atoms with Crippen LogP contribution in [-0.4, -0.2) is 19.7 Å². The van der Waals surface area contributed by atoms with Crippen molar-refractivity contribution in [1.82, 2.24) is 19.7 Å². The predicted molar refractivity (Wildman–Crippen MR) is 76.9 cm³/mol. The number of benzene rings is 1. The Hall–Kier alpha value is -2.27. The van der Waals surface area contributed by atoms with E-state index < -0.39 is 0 Å². The van der Waals surface area contributed by atoms with Gasteiger partial charge in [-0.05, 0) is 19.1 Å². The zero-order valence-corrected chi connectivity index (χ0v) is 11.5. The minimum Gasteiger partial charge on any atom is -0.267 e. The Kier molecular flexibility index (Phi) is 3.20. The molecule has 2 heterocycles. The largest absolute Gasteiger partial charge is 0.275 e. The molecule has 0 unspecified atom stereocenters. The van der Waals surface area contributed by atoms with Crippen molar-refractivity contribution in [3.8, 4) is 0 Å². The molecule has 0 saturated heterocycles. The van der Waals surface area contributed by atoms with E-state index in [4.69, 9.17) is 11.6 Å². The molecule has 0 radical (unpaired) electrons. The van der Waals surface area contributed by atoms with Crippen molar-refractivity contribution in [2.45, 2.75) is 13.5 Å². The third-order valence-electron chi connectivity index (χ3n) is 2.92. The first-order chi connectivity index (χ1) is 9.63. The van der Waals surface area contributed by atoms with E-state index in [-0.39, 0.29) is 12.1 Å². The predicted octanol–water partition coefficient (Wildman–Crippen LogP) is 2.20. The van der Waals surface area contributed by atoms with Gasteiger partial charge in [0.25, 0.3) is 5.56 Å². The minimum absolute atomic E-state index is 0.163. The quantitative estimate of drug-likeness (QED) is 0.678. The van der Waals surface area contributed by atoms with E-state index in [9.17, 15) is 4.79 Å². The molecule has 3 aromatic rings. The van der Waals surface area contributed by atoms with Crippen molar-refractivity contribution in [1.29, 1.82) is 0 Å². The highest BCUT2D eigenvalue weighted by Gasteiger charge is 2.07. The van der Waals surface area contributed by atoms with E-state index >= 15 is 0 Å². The molecule has 20 heavy (non-hydrogen) atoms. The second kappa shape index (κ2) is 5.02. The number of aryl methyl sites for hydroxylation is 1. The molecule has 0 saturated carbocycles. The molecule has 5 nitrogen and oxygen atoms in total. The number of fused-ring (bicyclic) bond motifs is 1. The molecule has 0 N–H and O–H groups in total. The van der Waals surface area contributed by atoms with Crippen molar-refractivity contribution >= 4 is 22.4 Å². The Bertz CT molecular complexity index is 824. The lowest BCUT2D eigenvalue weighted by atomic mass is 10.2. The Morgan fingerprint density at radius 3 is 2.85 bits per heavy atom. The number of hydrogen-bond donors (Lipinski definition) is 0. The van der Waals surface area contributed by atoms with Crippen LogP contribution in [-0.2, 0) is 6.54 Å². The average Bonchev–Trinajstić information content (AvgIpc) is 2.41. The van der Waals surface area contributed by atoms with Crippen molar-refractivity contribution in [2.75, 3.05) is 0 Å². The summed E-state index contributed by atoms with van der Waals surface area (Å²) < 4.78 is 1.34. The van der Waals surface area contributed by atoms with Gasteiger partial charge in [-0.25, -0.2) is 14.6 Å². The molecular formula is C14H11ClN4O. The van der Waals surface area contributed by atoms with Crippen LogP contribution in [0.1, 0.15) is 11.5 Å². The van der Waals surface area contributed by atoms with Gasteiger partial charge in [-0.3, -0.25) is 4.79 Å². The molecule has 0 bridgehead atoms. The van der Waals surface area contributed by atoms with Gasteiger partial charge in [-0.2, -0.15) is 5.10 Å². The Morgan fingerprint density at radius 1 is 1.25 bits per heavy atom. The number of hydrogen-bond acceptors (Lipinski definition) is 4. The van der Waals surface area contributed by atoms with E-state index in [2.05, 4.69) is 15.1 Å². The smallest absolute Gasteiger partial charge is 0.267 e. The maximum Gasteiger partial charge on any atom is 0.275 e. The summed E-state index contributed by atoms with van der Waals surface area (Å²) in [6.45, 7) is 2.03. The Morgan fingerprint density at radius 2 is 2.05 bits per heavy atom. The molecule has 1 aromatic carbocycles. The molecule has 100 valence electrons. The molecule has 6 heteroatoms. The summed E-state index contributed by atoms with van der Waals surface area (Å²) in [6.07, 6.45) is 1.66. The van der Waals surface area contributed by atoms with Crippen LogP contribution in [0.15, 0.2) is 41.3 Å². The molecule has 0 atom stereocenters. The normalized spacial score (nSPS) is 10.9. The van der Waals surface area contributed by atoms with Crippen LogP contribution in [0, 0.1) is 6.92 Å². The van der Waals surface area contributed by atoms with Crippen molar-refractivity contribution in [2.24, 2.45) is 0 Å². The highest BCUT2D eigenvalue weighted by atomic mass is 35.5. The fourth-order valence-electron chi connectivity index (χ4n) is 2.03. The van der Waals surface area contributed by atoms with Gasteiger partial charge in [0.1, 0.15) is 11.7 Å². The fourth-order valence-corrected chi connectivity index (χ4v) is 2.29. The SMILES string of the molecule is Cc1cc(Cl)nc(Cn2ncc3ccccc3c2=O)n1. The molecule has 2 aromatic heterocycles. The summed E-state index contributed by atoms with van der Waals surface area (Å²) in [5.41, 5.74) is 0.596. The minimum atomic E-state index is -0.163. The summed E-state index contributed by atoms with van der Waals surface area (Å²) >= 11 is 5.89. The summed E-state index contributed by atoms with van der Waals surface area (Å²) in [5, 5.41) is 5.95. The molecule has 0 aliphatic rings. The third kappa shape index (κ3) is 2.40. The molecule has 0 amide bonds. The van der Waals surface area contributed by atoms with E-state index in [0.717, 1.165) is 11.1 Å². The fraction of sp³-hybridized carbons (Fsp3) is 0.143. The van der Waals surface area contributed by atoms with Crippen LogP contribution >= 0.6 is 11.6 Å². The van der Waals surface area contributed by atoms with Crippen molar-refractivity contribution in [3.05, 3.63) is 63.6 Å². The Labute approximate surface area is 119 Å². The van der Waals surface area contributed by atoms with E-state index in [1.165, 1.54) is 4.68 Å². The van der Waals surface area contributed by atoms with Crippen molar-refractivity contribution < 1.29 is 0 Å². The molecule has 0 aliphatic carbocycles. The van der Waals surface area contributed by atoms with Crippen LogP contribution in [0.2, 0.25) is 5.15 Å². The first-order valence-corrected chi connectivity index (χ1v) is 6.46. The zero-order valence-electron chi connectivity index (χ0n) is 10.7. The van der Waals surface area contributed by atoms with Gasteiger partial charge >= 0.3 is 0 Å². The van der Waals surface area contributed by atoms with E-state index in [1.807, 2.05) is 25.1 Å². The van der Waals surface area contributed by atoms with Gasteiger partial charge in [-0.15, -0.1) is 0 Å². The zero-order chi connectivity index (χ0) is 14.1. The molecule has 0 aliphatic heterocycles. The highest BCUT2D eigenvalue weighted by Crippen LogP contribution is 2.09. The standard InChI is InChI=1S/C14H11ClN4O/c1-9-6-12(15)18-13(17-9)8-19-14(20)11-5-3-2-4-10(11)7-16-19/h2-7H,8H2,1H3. The summed E-state index contributed by atoms with van der Waals surface area (Å²) in [4.78, 5) is 20.7. The van der Waals surface area contributed by atoms with E-state index in [1.54, 1.807) is 18.3 Å². The summed E-state index contributed by atoms with van der Waals surface area (Å²) in [6, 6.07) is 9.00. The number of nitrogens with zero attached hydrogens (tertiary/aromatic N) is 4. The van der Waals surface area contributed by atoms with Crippen LogP contribution in [0.3, 0.4) is 0 Å². The number of rotatable bonds is 2. The third-order valence-corrected chi connectivity index (χ3v) is 3.12. The summed E-state index contributed by atoms with van der Waals surface area (Å²) in [7, 11) is 0. The van der Waals surface area contributed by atoms with Gasteiger partial charge in [0.15, 0.2) is 5.82 Å². The maximum absolute atomic E-state index is 12.3. The average molecular weight is 287 g/mol. The number of aromatic nitrogens is 4. The second-order valence-electron chi connectivity index (χ2n) is 4.44. The molecule has 3 rings (SSSR count). The van der Waals surface area contributed by atoms with Crippen LogP contribution in [0.4, 0.5) is 0 Å². The first-order valence-electron chi connectivity index (χ1n) is 6.08. The topological polar surface area (TPSA) is 60.7 Å². The van der Waals surface area contributed by atoms with Crippen LogP contribution < -0.4 is 5.56 Å². The van der Waals surface area contributed by atoms with Gasteiger partial charge in [0, 0.05) is 11.1 Å².